The molecule has 8 heteroatoms. The standard InChI is InChI=1S/C10H9BrF3NO3/c11-6-4-7(9(16)17)8(15-5-6)18-3-1-2-10(12,13)14/h4-5H,1-3H2,(H,16,17). The third-order valence-corrected chi connectivity index (χ3v) is 2.33. The summed E-state index contributed by atoms with van der Waals surface area (Å²) in [6, 6.07) is 1.27. The second-order valence-corrected chi connectivity index (χ2v) is 4.29. The molecule has 0 aliphatic heterocycles. The van der Waals surface area contributed by atoms with Crippen molar-refractivity contribution in [1.29, 1.82) is 0 Å². The van der Waals surface area contributed by atoms with Crippen LogP contribution in [0.25, 0.3) is 0 Å². The number of carboxylic acid groups (broad SMARTS) is 1. The molecule has 1 rings (SSSR count). The Morgan fingerprint density at radius 2 is 2.17 bits per heavy atom. The zero-order valence-corrected chi connectivity index (χ0v) is 10.6. The quantitative estimate of drug-likeness (QED) is 0.843. The highest BCUT2D eigenvalue weighted by atomic mass is 79.9. The van der Waals surface area contributed by atoms with Crippen LogP contribution in [0, 0.1) is 0 Å². The van der Waals surface area contributed by atoms with Gasteiger partial charge in [0.15, 0.2) is 0 Å². The van der Waals surface area contributed by atoms with Crippen LogP contribution in [0.3, 0.4) is 0 Å². The van der Waals surface area contributed by atoms with Gasteiger partial charge in [-0.2, -0.15) is 13.2 Å². The number of halogens is 4. The molecule has 4 nitrogen and oxygen atoms in total. The summed E-state index contributed by atoms with van der Waals surface area (Å²) in [5, 5.41) is 8.86. The van der Waals surface area contributed by atoms with E-state index in [1.807, 2.05) is 0 Å². The minimum atomic E-state index is -4.24. The summed E-state index contributed by atoms with van der Waals surface area (Å²) in [6.45, 7) is -0.242. The molecule has 0 amide bonds. The van der Waals surface area contributed by atoms with Gasteiger partial charge in [-0.1, -0.05) is 0 Å². The molecule has 1 aromatic heterocycles. The number of rotatable bonds is 5. The van der Waals surface area contributed by atoms with E-state index < -0.39 is 18.6 Å². The van der Waals surface area contributed by atoms with Crippen molar-refractivity contribution in [2.75, 3.05) is 6.61 Å². The van der Waals surface area contributed by atoms with Crippen LogP contribution in [0.15, 0.2) is 16.7 Å². The van der Waals surface area contributed by atoms with Gasteiger partial charge in [-0.15, -0.1) is 0 Å². The van der Waals surface area contributed by atoms with Crippen molar-refractivity contribution < 1.29 is 27.8 Å². The lowest BCUT2D eigenvalue weighted by Gasteiger charge is -2.09. The van der Waals surface area contributed by atoms with Crippen molar-refractivity contribution in [2.45, 2.75) is 19.0 Å². The number of carbonyl (C=O) groups is 1. The molecule has 18 heavy (non-hydrogen) atoms. The Kier molecular flexibility index (Phi) is 4.94. The summed E-state index contributed by atoms with van der Waals surface area (Å²) in [4.78, 5) is 14.5. The van der Waals surface area contributed by atoms with Gasteiger partial charge in [-0.3, -0.25) is 0 Å². The van der Waals surface area contributed by atoms with E-state index in [2.05, 4.69) is 20.9 Å². The summed E-state index contributed by atoms with van der Waals surface area (Å²) in [5.74, 6) is -1.44. The predicted octanol–water partition coefficient (Wildman–Crippen LogP) is 3.26. The number of alkyl halides is 3. The highest BCUT2D eigenvalue weighted by Gasteiger charge is 2.26. The Bertz CT molecular complexity index is 437. The summed E-state index contributed by atoms with van der Waals surface area (Å²) < 4.78 is 41.0. The fourth-order valence-electron chi connectivity index (χ4n) is 1.14. The Hall–Kier alpha value is -1.31. The SMILES string of the molecule is O=C(O)c1cc(Br)cnc1OCCCC(F)(F)F. The van der Waals surface area contributed by atoms with Gasteiger partial charge in [-0.25, -0.2) is 9.78 Å². The number of ether oxygens (including phenoxy) is 1. The van der Waals surface area contributed by atoms with Crippen LogP contribution in [0.1, 0.15) is 23.2 Å². The molecule has 0 radical (unpaired) electrons. The third kappa shape index (κ3) is 4.91. The zero-order valence-electron chi connectivity index (χ0n) is 9.00. The van der Waals surface area contributed by atoms with Crippen LogP contribution in [0.4, 0.5) is 13.2 Å². The number of aromatic nitrogens is 1. The van der Waals surface area contributed by atoms with Gasteiger partial charge in [0.1, 0.15) is 5.56 Å². The Morgan fingerprint density at radius 3 is 2.72 bits per heavy atom. The van der Waals surface area contributed by atoms with Crippen molar-refractivity contribution in [3.05, 3.63) is 22.3 Å². The monoisotopic (exact) mass is 327 g/mol. The molecule has 1 heterocycles. The lowest BCUT2D eigenvalue weighted by molar-refractivity contribution is -0.136. The molecular weight excluding hydrogens is 319 g/mol. The topological polar surface area (TPSA) is 59.4 Å². The molecule has 0 bridgehead atoms. The lowest BCUT2D eigenvalue weighted by atomic mass is 10.3. The molecule has 1 aromatic rings. The number of hydrogen-bond acceptors (Lipinski definition) is 3. The van der Waals surface area contributed by atoms with Gasteiger partial charge >= 0.3 is 12.1 Å². The van der Waals surface area contributed by atoms with E-state index in [0.29, 0.717) is 4.47 Å². The average Bonchev–Trinajstić information content (AvgIpc) is 2.24. The first kappa shape index (κ1) is 14.7. The van der Waals surface area contributed by atoms with E-state index in [1.165, 1.54) is 12.3 Å². The van der Waals surface area contributed by atoms with Gasteiger partial charge in [0.2, 0.25) is 5.88 Å². The maximum atomic E-state index is 11.9. The molecule has 0 fully saturated rings. The van der Waals surface area contributed by atoms with Crippen molar-refractivity contribution in [2.24, 2.45) is 0 Å². The van der Waals surface area contributed by atoms with Crippen LogP contribution in [0.2, 0.25) is 0 Å². The van der Waals surface area contributed by atoms with Crippen LogP contribution in [-0.2, 0) is 0 Å². The van der Waals surface area contributed by atoms with E-state index >= 15 is 0 Å². The zero-order chi connectivity index (χ0) is 13.8. The van der Waals surface area contributed by atoms with E-state index in [4.69, 9.17) is 9.84 Å². The molecule has 0 saturated heterocycles. The maximum Gasteiger partial charge on any atom is 0.389 e. The largest absolute Gasteiger partial charge is 0.477 e. The molecule has 0 aliphatic rings. The molecule has 100 valence electrons. The van der Waals surface area contributed by atoms with Crippen molar-refractivity contribution in [1.82, 2.24) is 4.98 Å². The van der Waals surface area contributed by atoms with Crippen LogP contribution in [0.5, 0.6) is 5.88 Å². The second kappa shape index (κ2) is 6.03. The maximum absolute atomic E-state index is 11.9. The van der Waals surface area contributed by atoms with Crippen molar-refractivity contribution in [3.63, 3.8) is 0 Å². The minimum absolute atomic E-state index is 0.187. The van der Waals surface area contributed by atoms with Gasteiger partial charge in [0.05, 0.1) is 6.61 Å². The van der Waals surface area contributed by atoms with E-state index in [1.54, 1.807) is 0 Å². The summed E-state index contributed by atoms with van der Waals surface area (Å²) >= 11 is 3.04. The second-order valence-electron chi connectivity index (χ2n) is 3.38. The van der Waals surface area contributed by atoms with Gasteiger partial charge in [0, 0.05) is 17.1 Å². The smallest absolute Gasteiger partial charge is 0.389 e. The van der Waals surface area contributed by atoms with Crippen molar-refractivity contribution in [3.8, 4) is 5.88 Å². The summed E-state index contributed by atoms with van der Waals surface area (Å²) in [6.07, 6.45) is -4.16. The summed E-state index contributed by atoms with van der Waals surface area (Å²) in [5.41, 5.74) is -0.198. The number of carboxylic acids is 1. The number of pyridine rings is 1. The Labute approximate surface area is 109 Å². The van der Waals surface area contributed by atoms with Gasteiger partial charge < -0.3 is 9.84 Å². The van der Waals surface area contributed by atoms with E-state index in [-0.39, 0.29) is 24.5 Å². The molecule has 0 aromatic carbocycles. The lowest BCUT2D eigenvalue weighted by Crippen LogP contribution is -2.11. The molecule has 0 spiro atoms. The van der Waals surface area contributed by atoms with Crippen molar-refractivity contribution >= 4 is 21.9 Å². The first-order valence-corrected chi connectivity index (χ1v) is 5.67. The number of hydrogen-bond donors (Lipinski definition) is 1. The molecule has 1 N–H and O–H groups in total. The van der Waals surface area contributed by atoms with Gasteiger partial charge in [-0.05, 0) is 28.4 Å². The van der Waals surface area contributed by atoms with Crippen LogP contribution < -0.4 is 4.74 Å². The Balaban J connectivity index is 2.59. The first-order chi connectivity index (χ1) is 8.29. The molecule has 0 unspecified atom stereocenters. The highest BCUT2D eigenvalue weighted by Crippen LogP contribution is 2.23. The normalized spacial score (nSPS) is 11.3. The van der Waals surface area contributed by atoms with E-state index in [0.717, 1.165) is 0 Å². The number of aromatic carboxylic acids is 1. The summed E-state index contributed by atoms with van der Waals surface area (Å²) in [7, 11) is 0. The number of nitrogens with zero attached hydrogens (tertiary/aromatic N) is 1. The van der Waals surface area contributed by atoms with Gasteiger partial charge in [0.25, 0.3) is 0 Å². The fourth-order valence-corrected chi connectivity index (χ4v) is 1.47. The molecule has 0 saturated carbocycles. The molecule has 0 atom stereocenters. The van der Waals surface area contributed by atoms with E-state index in [9.17, 15) is 18.0 Å². The minimum Gasteiger partial charge on any atom is -0.477 e. The highest BCUT2D eigenvalue weighted by molar-refractivity contribution is 9.10. The van der Waals surface area contributed by atoms with Crippen LogP contribution >= 0.6 is 15.9 Å². The average molecular weight is 328 g/mol. The third-order valence-electron chi connectivity index (χ3n) is 1.89. The molecule has 0 aliphatic carbocycles. The Morgan fingerprint density at radius 1 is 1.50 bits per heavy atom. The predicted molar refractivity (Wildman–Crippen MR) is 59.7 cm³/mol. The van der Waals surface area contributed by atoms with Crippen LogP contribution in [-0.4, -0.2) is 28.8 Å². The fraction of sp³-hybridized carbons (Fsp3) is 0.400. The first-order valence-electron chi connectivity index (χ1n) is 4.88. The molecular formula is C10H9BrF3NO3.